The first-order valence-electron chi connectivity index (χ1n) is 35.8. The van der Waals surface area contributed by atoms with E-state index in [1.54, 1.807) is 0 Å². The molecule has 0 saturated heterocycles. The van der Waals surface area contributed by atoms with Gasteiger partial charge in [0, 0.05) is 28.5 Å². The maximum atomic E-state index is 4.72. The van der Waals surface area contributed by atoms with Gasteiger partial charge in [0.05, 0.1) is 62.6 Å². The van der Waals surface area contributed by atoms with Crippen LogP contribution in [-0.2, 0) is 137 Å². The van der Waals surface area contributed by atoms with Gasteiger partial charge in [-0.3, -0.25) is 4.98 Å². The van der Waals surface area contributed by atoms with Gasteiger partial charge in [-0.15, -0.1) is 17.1 Å². The van der Waals surface area contributed by atoms with Crippen molar-refractivity contribution in [2.75, 3.05) is 0 Å². The van der Waals surface area contributed by atoms with Crippen molar-refractivity contribution in [1.82, 2.24) is 102 Å². The van der Waals surface area contributed by atoms with Gasteiger partial charge in [-0.1, -0.05) is 295 Å². The molecule has 120 heavy (non-hydrogen) atoms. The van der Waals surface area contributed by atoms with Gasteiger partial charge in [0.1, 0.15) is 0 Å². The molecule has 20 nitrogen and oxygen atoms in total. The van der Waals surface area contributed by atoms with E-state index in [2.05, 4.69) is 81.6 Å². The molecule has 0 radical (unpaired) electrons. The summed E-state index contributed by atoms with van der Waals surface area (Å²) in [6, 6.07) is 119. The molecular formula is C92H60Cu8N20. The van der Waals surface area contributed by atoms with Crippen molar-refractivity contribution in [2.24, 2.45) is 0 Å². The van der Waals surface area contributed by atoms with E-state index in [1.165, 1.54) is 0 Å². The molecule has 20 rings (SSSR count). The van der Waals surface area contributed by atoms with Crippen LogP contribution in [0, 0.1) is 0 Å². The molecule has 0 spiro atoms. The molecule has 0 bridgehead atoms. The zero-order valence-corrected chi connectivity index (χ0v) is 69.5. The standard InChI is InChI=1S/4C23H15N5.8Cu/c4*1-3-8-16(9-4-1)20-14-22(27-25-20)18-12-7-13-19(24-18)23-15-21(26-28-23)17-10-5-2-6-11-17;;;;;;;;/h4*1-15H;;;;;;;;/q4*-2;8*+1. The Labute approximate surface area is 775 Å². The predicted molar refractivity (Wildman–Crippen MR) is 433 cm³/mol. The Morgan fingerprint density at radius 2 is 0.258 bits per heavy atom. The van der Waals surface area contributed by atoms with Crippen LogP contribution in [0.1, 0.15) is 0 Å². The third-order valence-electron chi connectivity index (χ3n) is 18.0. The quantitative estimate of drug-likeness (QED) is 0.0813. The van der Waals surface area contributed by atoms with E-state index in [9.17, 15) is 0 Å². The molecule has 0 aliphatic rings. The molecule has 12 aromatic heterocycles. The average molecular weight is 1950 g/mol. The topological polar surface area (TPSA) is 267 Å². The fourth-order valence-electron chi connectivity index (χ4n) is 12.2. The minimum absolute atomic E-state index is 0. The average Bonchev–Trinajstić information content (AvgIpc) is 1.66. The summed E-state index contributed by atoms with van der Waals surface area (Å²) in [4.78, 5) is 18.9. The molecule has 20 aromatic rings. The Balaban J connectivity index is 0.000000178. The molecule has 0 N–H and O–H groups in total. The van der Waals surface area contributed by atoms with E-state index in [0.29, 0.717) is 0 Å². The number of nitrogens with zero attached hydrogens (tertiary/aromatic N) is 20. The van der Waals surface area contributed by atoms with Crippen LogP contribution >= 0.6 is 0 Å². The van der Waals surface area contributed by atoms with Gasteiger partial charge >= 0.3 is 137 Å². The molecule has 12 heterocycles. The summed E-state index contributed by atoms with van der Waals surface area (Å²) >= 11 is 0. The van der Waals surface area contributed by atoms with Crippen molar-refractivity contribution in [2.45, 2.75) is 0 Å². The Hall–Kier alpha value is -11.8. The van der Waals surface area contributed by atoms with Gasteiger partial charge < -0.3 is 81.6 Å². The number of hydrogen-bond acceptors (Lipinski definition) is 12. The van der Waals surface area contributed by atoms with E-state index in [-0.39, 0.29) is 137 Å². The van der Waals surface area contributed by atoms with E-state index < -0.39 is 0 Å². The zero-order valence-electron chi connectivity index (χ0n) is 62.0. The summed E-state index contributed by atoms with van der Waals surface area (Å²) in [6.07, 6.45) is 0. The van der Waals surface area contributed by atoms with Crippen molar-refractivity contribution < 1.29 is 137 Å². The van der Waals surface area contributed by atoms with E-state index in [4.69, 9.17) is 19.9 Å². The number of rotatable bonds is 16. The van der Waals surface area contributed by atoms with Gasteiger partial charge in [0.15, 0.2) is 0 Å². The number of pyridine rings is 4. The summed E-state index contributed by atoms with van der Waals surface area (Å²) in [5.41, 5.74) is 27.0. The van der Waals surface area contributed by atoms with E-state index in [0.717, 1.165) is 181 Å². The molecule has 616 valence electrons. The first-order valence-corrected chi connectivity index (χ1v) is 35.8. The molecule has 0 atom stereocenters. The van der Waals surface area contributed by atoms with Crippen LogP contribution in [0.25, 0.3) is 181 Å². The van der Waals surface area contributed by atoms with Crippen LogP contribution in [0.5, 0.6) is 0 Å². The summed E-state index contributed by atoms with van der Waals surface area (Å²) in [6.45, 7) is 0. The third kappa shape index (κ3) is 22.6. The van der Waals surface area contributed by atoms with Crippen molar-refractivity contribution >= 4 is 0 Å². The molecule has 0 aliphatic heterocycles. The molecule has 0 amide bonds. The van der Waals surface area contributed by atoms with Gasteiger partial charge in [-0.05, 0) is 142 Å². The maximum absolute atomic E-state index is 4.72. The van der Waals surface area contributed by atoms with Crippen molar-refractivity contribution in [3.63, 3.8) is 0 Å². The first-order chi connectivity index (χ1) is 55.5. The molecule has 0 unspecified atom stereocenters. The number of aromatic nitrogens is 20. The van der Waals surface area contributed by atoms with Crippen LogP contribution in [-0.4, -0.2) is 60.7 Å². The Morgan fingerprint density at radius 1 is 0.117 bits per heavy atom. The maximum Gasteiger partial charge on any atom is 1.00 e. The van der Waals surface area contributed by atoms with Crippen LogP contribution in [0.2, 0.25) is 0 Å². The van der Waals surface area contributed by atoms with Crippen molar-refractivity contribution in [3.8, 4) is 181 Å². The van der Waals surface area contributed by atoms with Crippen LogP contribution in [0.3, 0.4) is 0 Å². The van der Waals surface area contributed by atoms with Gasteiger partial charge in [-0.25, -0.2) is 15.0 Å². The molecule has 28 heteroatoms. The number of hydrogen-bond donors (Lipinski definition) is 0. The second-order valence-electron chi connectivity index (χ2n) is 25.5. The second kappa shape index (κ2) is 44.8. The summed E-state index contributed by atoms with van der Waals surface area (Å²) < 4.78 is 0. The van der Waals surface area contributed by atoms with Crippen molar-refractivity contribution in [1.29, 1.82) is 0 Å². The Kier molecular flexibility index (Phi) is 34.4. The van der Waals surface area contributed by atoms with Gasteiger partial charge in [0.25, 0.3) is 0 Å². The van der Waals surface area contributed by atoms with Crippen LogP contribution < -0.4 is 40.8 Å². The van der Waals surface area contributed by atoms with Crippen LogP contribution in [0.15, 0.2) is 364 Å². The van der Waals surface area contributed by atoms with Gasteiger partial charge in [-0.2, -0.15) is 0 Å². The van der Waals surface area contributed by atoms with E-state index >= 15 is 0 Å². The number of benzene rings is 8. The first kappa shape index (κ1) is 92.1. The fraction of sp³-hybridized carbons (Fsp3) is 0. The normalized spacial score (nSPS) is 10.1. The molecular weight excluding hydrogens is 1890 g/mol. The Bertz CT molecular complexity index is 5270. The molecule has 0 aliphatic carbocycles. The minimum atomic E-state index is 0. The zero-order chi connectivity index (χ0) is 75.0. The summed E-state index contributed by atoms with van der Waals surface area (Å²) in [5, 5.41) is 68.7. The largest absolute Gasteiger partial charge is 1.00 e. The third-order valence-corrected chi connectivity index (χ3v) is 18.0. The fourth-order valence-corrected chi connectivity index (χ4v) is 12.2. The molecule has 8 aromatic carbocycles. The Morgan fingerprint density at radius 3 is 0.450 bits per heavy atom. The minimum Gasteiger partial charge on any atom is -0.574 e. The smallest absolute Gasteiger partial charge is 0.574 e. The summed E-state index contributed by atoms with van der Waals surface area (Å²) in [7, 11) is 0. The summed E-state index contributed by atoms with van der Waals surface area (Å²) in [5.74, 6) is 0. The molecule has 0 fully saturated rings. The predicted octanol–water partition coefficient (Wildman–Crippen LogP) is 17.8. The monoisotopic (exact) mass is 1950 g/mol. The van der Waals surface area contributed by atoms with Gasteiger partial charge in [0.2, 0.25) is 0 Å². The SMILES string of the molecule is [Cu+].[Cu+].[Cu+].[Cu+].[Cu+].[Cu+].[Cu+].[Cu+].c1ccc(-c2cc(-c3cccc(-c4cc(-c5ccccc5)[n-]n4)n3)[n-]n2)cc1.c1ccc(-c2cc(-c3cccc(-c4cc(-c5ccccc5)[n-]n4)n3)[n-]n2)cc1.c1ccc(-c2cc(-c3cccc(-c4cc(-c5ccccc5)[n-]n4)n3)[n-]n2)cc1.c1ccc(-c2cc(-c3cccc(-c4cc(-c5ccccc5)n[n-]4)n3)[n-]n2)cc1. The van der Waals surface area contributed by atoms with E-state index in [1.807, 2.05) is 364 Å². The molecule has 0 saturated carbocycles. The van der Waals surface area contributed by atoms with Crippen molar-refractivity contribution in [3.05, 3.63) is 364 Å². The second-order valence-corrected chi connectivity index (χ2v) is 25.5. The van der Waals surface area contributed by atoms with Crippen LogP contribution in [0.4, 0.5) is 0 Å².